The van der Waals surface area contributed by atoms with Crippen LogP contribution in [-0.4, -0.2) is 45.6 Å². The molecule has 31 heavy (non-hydrogen) atoms. The summed E-state index contributed by atoms with van der Waals surface area (Å²) in [6.45, 7) is 4.96. The van der Waals surface area contributed by atoms with Crippen LogP contribution < -0.4 is 14.4 Å². The van der Waals surface area contributed by atoms with Crippen LogP contribution in [0.2, 0.25) is 0 Å². The van der Waals surface area contributed by atoms with Gasteiger partial charge in [0, 0.05) is 25.0 Å². The van der Waals surface area contributed by atoms with Gasteiger partial charge in [0.25, 0.3) is 5.91 Å². The molecule has 170 valence electrons. The van der Waals surface area contributed by atoms with Crippen molar-refractivity contribution in [1.82, 2.24) is 5.32 Å². The number of hydrogen-bond donors (Lipinski definition) is 1. The Balaban J connectivity index is 2.66. The highest BCUT2D eigenvalue weighted by atomic mass is 32.2. The second-order valence-electron chi connectivity index (χ2n) is 7.44. The van der Waals surface area contributed by atoms with Gasteiger partial charge in [0.1, 0.15) is 11.4 Å². The molecule has 0 saturated carbocycles. The first-order valence-corrected chi connectivity index (χ1v) is 10.2. The van der Waals surface area contributed by atoms with Crippen LogP contribution in [0.15, 0.2) is 30.3 Å². The van der Waals surface area contributed by atoms with Gasteiger partial charge in [0.05, 0.1) is 5.69 Å². The zero-order valence-corrected chi connectivity index (χ0v) is 18.1. The number of amides is 2. The Kier molecular flexibility index (Phi) is 6.45. The van der Waals surface area contributed by atoms with Gasteiger partial charge in [-0.05, 0) is 56.5 Å². The van der Waals surface area contributed by atoms with E-state index in [1.807, 2.05) is 0 Å². The SMILES string of the molecule is CNC(=O)c1ccc(N(C)C(=O)OC(C)(C)C)c2cc(OS(=O)(=O)C(F)(F)F)ccc12. The van der Waals surface area contributed by atoms with Gasteiger partial charge in [0.2, 0.25) is 0 Å². The van der Waals surface area contributed by atoms with Gasteiger partial charge in [-0.1, -0.05) is 0 Å². The smallest absolute Gasteiger partial charge is 0.443 e. The number of carbonyl (C=O) groups excluding carboxylic acids is 2. The molecule has 0 bridgehead atoms. The lowest BCUT2D eigenvalue weighted by Gasteiger charge is -2.26. The van der Waals surface area contributed by atoms with Crippen molar-refractivity contribution in [2.24, 2.45) is 0 Å². The fourth-order valence-electron chi connectivity index (χ4n) is 2.59. The van der Waals surface area contributed by atoms with Crippen LogP contribution in [-0.2, 0) is 14.9 Å². The second-order valence-corrected chi connectivity index (χ2v) is 8.98. The van der Waals surface area contributed by atoms with E-state index in [0.717, 1.165) is 17.0 Å². The zero-order valence-electron chi connectivity index (χ0n) is 17.3. The first-order valence-electron chi connectivity index (χ1n) is 8.83. The molecule has 0 atom stereocenters. The zero-order chi connectivity index (χ0) is 23.8. The number of benzene rings is 2. The molecule has 2 rings (SSSR count). The highest BCUT2D eigenvalue weighted by Crippen LogP contribution is 2.35. The molecule has 0 aliphatic carbocycles. The van der Waals surface area contributed by atoms with Gasteiger partial charge in [-0.2, -0.15) is 21.6 Å². The maximum absolute atomic E-state index is 12.7. The Morgan fingerprint density at radius 1 is 1.03 bits per heavy atom. The van der Waals surface area contributed by atoms with Gasteiger partial charge in [-0.3, -0.25) is 9.69 Å². The Labute approximate surface area is 177 Å². The summed E-state index contributed by atoms with van der Waals surface area (Å²) < 4.78 is 70.3. The van der Waals surface area contributed by atoms with E-state index in [1.165, 1.54) is 32.3 Å². The molecule has 0 aliphatic heterocycles. The monoisotopic (exact) mass is 462 g/mol. The number of halogens is 3. The molecule has 0 fully saturated rings. The summed E-state index contributed by atoms with van der Waals surface area (Å²) in [6.07, 6.45) is -0.768. The molecule has 2 aromatic carbocycles. The first kappa shape index (κ1) is 24.3. The van der Waals surface area contributed by atoms with Gasteiger partial charge in [-0.25, -0.2) is 4.79 Å². The minimum Gasteiger partial charge on any atom is -0.443 e. The Morgan fingerprint density at radius 3 is 2.16 bits per heavy atom. The Hall–Kier alpha value is -3.02. The lowest BCUT2D eigenvalue weighted by Crippen LogP contribution is -2.34. The third-order valence-electron chi connectivity index (χ3n) is 3.95. The molecule has 8 nitrogen and oxygen atoms in total. The molecule has 1 N–H and O–H groups in total. The van der Waals surface area contributed by atoms with Gasteiger partial charge < -0.3 is 14.2 Å². The summed E-state index contributed by atoms with van der Waals surface area (Å²) in [5.41, 5.74) is -6.13. The van der Waals surface area contributed by atoms with Crippen LogP contribution in [0.3, 0.4) is 0 Å². The maximum Gasteiger partial charge on any atom is 0.534 e. The van der Waals surface area contributed by atoms with E-state index in [4.69, 9.17) is 4.74 Å². The van der Waals surface area contributed by atoms with Crippen molar-refractivity contribution in [2.75, 3.05) is 19.0 Å². The molecule has 0 unspecified atom stereocenters. The largest absolute Gasteiger partial charge is 0.534 e. The number of rotatable bonds is 4. The summed E-state index contributed by atoms with van der Waals surface area (Å²) in [4.78, 5) is 25.7. The number of nitrogens with zero attached hydrogens (tertiary/aromatic N) is 1. The number of alkyl halides is 3. The number of fused-ring (bicyclic) bond motifs is 1. The van der Waals surface area contributed by atoms with Crippen LogP contribution in [0, 0.1) is 0 Å². The highest BCUT2D eigenvalue weighted by molar-refractivity contribution is 7.88. The summed E-state index contributed by atoms with van der Waals surface area (Å²) in [6, 6.07) is 6.02. The molecule has 0 spiro atoms. The summed E-state index contributed by atoms with van der Waals surface area (Å²) in [5.74, 6) is -1.13. The molecular weight excluding hydrogens is 441 g/mol. The van der Waals surface area contributed by atoms with Crippen LogP contribution in [0.5, 0.6) is 5.75 Å². The average Bonchev–Trinajstić information content (AvgIpc) is 2.63. The van der Waals surface area contributed by atoms with E-state index in [0.29, 0.717) is 0 Å². The quantitative estimate of drug-likeness (QED) is 0.548. The molecule has 0 radical (unpaired) electrons. The fraction of sp³-hybridized carbons (Fsp3) is 0.368. The molecule has 0 saturated heterocycles. The predicted molar refractivity (Wildman–Crippen MR) is 108 cm³/mol. The van der Waals surface area contributed by atoms with Crippen molar-refractivity contribution in [1.29, 1.82) is 0 Å². The molecule has 2 amide bonds. The van der Waals surface area contributed by atoms with Gasteiger partial charge >= 0.3 is 21.7 Å². The standard InChI is InChI=1S/C19H21F3N2O6S/c1-18(2,3)29-17(26)24(5)15-9-8-13(16(25)23-4)12-7-6-11(10-14(12)15)30-31(27,28)19(20,21)22/h6-10H,1-5H3,(H,23,25). The minimum absolute atomic E-state index is 0.101. The third kappa shape index (κ3) is 5.37. The van der Waals surface area contributed by atoms with E-state index >= 15 is 0 Å². The molecule has 12 heteroatoms. The lowest BCUT2D eigenvalue weighted by atomic mass is 10.0. The van der Waals surface area contributed by atoms with Crippen molar-refractivity contribution in [3.05, 3.63) is 35.9 Å². The number of anilines is 1. The summed E-state index contributed by atoms with van der Waals surface area (Å²) in [5, 5.41) is 2.78. The van der Waals surface area contributed by atoms with E-state index in [1.54, 1.807) is 20.8 Å². The fourth-order valence-corrected chi connectivity index (χ4v) is 3.04. The maximum atomic E-state index is 12.7. The van der Waals surface area contributed by atoms with Crippen LogP contribution in [0.4, 0.5) is 23.7 Å². The Bertz CT molecular complexity index is 1120. The van der Waals surface area contributed by atoms with Crippen molar-refractivity contribution in [3.63, 3.8) is 0 Å². The summed E-state index contributed by atoms with van der Waals surface area (Å²) >= 11 is 0. The number of hydrogen-bond acceptors (Lipinski definition) is 6. The minimum atomic E-state index is -5.91. The molecule has 0 aliphatic rings. The Morgan fingerprint density at radius 2 is 1.65 bits per heavy atom. The van der Waals surface area contributed by atoms with Crippen molar-refractivity contribution < 1.29 is 40.1 Å². The molecule has 0 aromatic heterocycles. The van der Waals surface area contributed by atoms with Gasteiger partial charge in [0.15, 0.2) is 0 Å². The number of nitrogens with one attached hydrogen (secondary N) is 1. The van der Waals surface area contributed by atoms with E-state index in [2.05, 4.69) is 9.50 Å². The van der Waals surface area contributed by atoms with Crippen molar-refractivity contribution in [3.8, 4) is 5.75 Å². The first-order chi connectivity index (χ1) is 14.1. The molecule has 0 heterocycles. The topological polar surface area (TPSA) is 102 Å². The van der Waals surface area contributed by atoms with Crippen molar-refractivity contribution in [2.45, 2.75) is 31.9 Å². The average molecular weight is 462 g/mol. The second kappa shape index (κ2) is 8.25. The normalized spacial score (nSPS) is 12.4. The lowest BCUT2D eigenvalue weighted by molar-refractivity contribution is -0.0500. The highest BCUT2D eigenvalue weighted by Gasteiger charge is 2.48. The van der Waals surface area contributed by atoms with E-state index in [9.17, 15) is 31.2 Å². The van der Waals surface area contributed by atoms with Crippen LogP contribution in [0.25, 0.3) is 10.8 Å². The van der Waals surface area contributed by atoms with Crippen molar-refractivity contribution >= 4 is 38.6 Å². The number of carbonyl (C=O) groups is 2. The predicted octanol–water partition coefficient (Wildman–Crippen LogP) is 3.80. The summed E-state index contributed by atoms with van der Waals surface area (Å²) in [7, 11) is -3.15. The van der Waals surface area contributed by atoms with Crippen LogP contribution in [0.1, 0.15) is 31.1 Å². The third-order valence-corrected chi connectivity index (χ3v) is 4.93. The van der Waals surface area contributed by atoms with E-state index in [-0.39, 0.29) is 22.0 Å². The molecule has 2 aromatic rings. The van der Waals surface area contributed by atoms with Crippen LogP contribution >= 0.6 is 0 Å². The van der Waals surface area contributed by atoms with E-state index < -0.39 is 39.0 Å². The number of ether oxygens (including phenoxy) is 1. The molecular formula is C19H21F3N2O6S. The van der Waals surface area contributed by atoms with Gasteiger partial charge in [-0.15, -0.1) is 0 Å².